The third-order valence-corrected chi connectivity index (χ3v) is 2.86. The van der Waals surface area contributed by atoms with E-state index in [0.717, 1.165) is 36.8 Å². The smallest absolute Gasteiger partial charge is 0.223 e. The summed E-state index contributed by atoms with van der Waals surface area (Å²) in [6.45, 7) is 8.42. The molecular formula is C12H20N4. The van der Waals surface area contributed by atoms with Crippen molar-refractivity contribution in [3.8, 4) is 0 Å². The van der Waals surface area contributed by atoms with Gasteiger partial charge in [-0.2, -0.15) is 0 Å². The predicted octanol–water partition coefficient (Wildman–Crippen LogP) is 1.68. The van der Waals surface area contributed by atoms with Crippen LogP contribution in [0.25, 0.3) is 0 Å². The second-order valence-electron chi connectivity index (χ2n) is 4.75. The molecule has 88 valence electrons. The molecule has 4 heteroatoms. The summed E-state index contributed by atoms with van der Waals surface area (Å²) in [6, 6.07) is 2.53. The zero-order valence-corrected chi connectivity index (χ0v) is 10.2. The number of aryl methyl sites for hydroxylation is 1. The molecule has 16 heavy (non-hydrogen) atoms. The third kappa shape index (κ3) is 2.70. The lowest BCUT2D eigenvalue weighted by Crippen LogP contribution is -2.23. The van der Waals surface area contributed by atoms with E-state index in [4.69, 9.17) is 0 Å². The average molecular weight is 220 g/mol. The van der Waals surface area contributed by atoms with Crippen LogP contribution in [0.4, 0.5) is 5.95 Å². The van der Waals surface area contributed by atoms with Crippen LogP contribution < -0.4 is 10.6 Å². The SMILES string of the molecule is Cc1cc(C(C)C)nc(NC2CCNC2)n1. The highest BCUT2D eigenvalue weighted by Gasteiger charge is 2.15. The van der Waals surface area contributed by atoms with Crippen molar-refractivity contribution in [2.24, 2.45) is 0 Å². The summed E-state index contributed by atoms with van der Waals surface area (Å²) in [7, 11) is 0. The molecule has 0 aliphatic carbocycles. The van der Waals surface area contributed by atoms with E-state index < -0.39 is 0 Å². The van der Waals surface area contributed by atoms with Crippen LogP contribution in [0.1, 0.15) is 37.6 Å². The molecule has 4 nitrogen and oxygen atoms in total. The fraction of sp³-hybridized carbons (Fsp3) is 0.667. The molecule has 1 atom stereocenters. The first-order chi connectivity index (χ1) is 7.65. The van der Waals surface area contributed by atoms with Crippen molar-refractivity contribution >= 4 is 5.95 Å². The van der Waals surface area contributed by atoms with Crippen LogP contribution in [0.3, 0.4) is 0 Å². The van der Waals surface area contributed by atoms with Crippen molar-refractivity contribution in [2.75, 3.05) is 18.4 Å². The van der Waals surface area contributed by atoms with Gasteiger partial charge in [-0.1, -0.05) is 13.8 Å². The van der Waals surface area contributed by atoms with Gasteiger partial charge in [0.2, 0.25) is 5.95 Å². The maximum absolute atomic E-state index is 4.55. The number of nitrogens with one attached hydrogen (secondary N) is 2. The Balaban J connectivity index is 2.13. The van der Waals surface area contributed by atoms with Crippen molar-refractivity contribution in [3.05, 3.63) is 17.5 Å². The molecule has 0 spiro atoms. The Labute approximate surface area is 96.9 Å². The molecular weight excluding hydrogens is 200 g/mol. The van der Waals surface area contributed by atoms with Crippen molar-refractivity contribution in [3.63, 3.8) is 0 Å². The topological polar surface area (TPSA) is 49.8 Å². The Bertz CT molecular complexity index is 356. The lowest BCUT2D eigenvalue weighted by molar-refractivity contribution is 0.762. The molecule has 1 aromatic rings. The molecule has 0 radical (unpaired) electrons. The molecule has 0 bridgehead atoms. The fourth-order valence-corrected chi connectivity index (χ4v) is 1.91. The van der Waals surface area contributed by atoms with E-state index in [1.807, 2.05) is 6.92 Å². The summed E-state index contributed by atoms with van der Waals surface area (Å²) >= 11 is 0. The average Bonchev–Trinajstić information content (AvgIpc) is 2.69. The van der Waals surface area contributed by atoms with Crippen molar-refractivity contribution in [2.45, 2.75) is 39.2 Å². The van der Waals surface area contributed by atoms with Gasteiger partial charge in [-0.3, -0.25) is 0 Å². The summed E-state index contributed by atoms with van der Waals surface area (Å²) in [4.78, 5) is 8.98. The van der Waals surface area contributed by atoms with Crippen LogP contribution >= 0.6 is 0 Å². The minimum absolute atomic E-state index is 0.448. The maximum atomic E-state index is 4.55. The summed E-state index contributed by atoms with van der Waals surface area (Å²) in [5.74, 6) is 1.22. The maximum Gasteiger partial charge on any atom is 0.223 e. The van der Waals surface area contributed by atoms with Crippen LogP contribution in [0.15, 0.2) is 6.07 Å². The highest BCUT2D eigenvalue weighted by molar-refractivity contribution is 5.30. The van der Waals surface area contributed by atoms with Crippen LogP contribution in [-0.2, 0) is 0 Å². The molecule has 1 aromatic heterocycles. The summed E-state index contributed by atoms with van der Waals surface area (Å²) in [6.07, 6.45) is 1.15. The van der Waals surface area contributed by atoms with Gasteiger partial charge >= 0.3 is 0 Å². The predicted molar refractivity (Wildman–Crippen MR) is 65.8 cm³/mol. The monoisotopic (exact) mass is 220 g/mol. The molecule has 1 fully saturated rings. The van der Waals surface area contributed by atoms with Gasteiger partial charge in [-0.15, -0.1) is 0 Å². The van der Waals surface area contributed by atoms with Crippen molar-refractivity contribution in [1.82, 2.24) is 15.3 Å². The number of anilines is 1. The molecule has 2 rings (SSSR count). The normalized spacial score (nSPS) is 20.4. The number of nitrogens with zero attached hydrogens (tertiary/aromatic N) is 2. The Hall–Kier alpha value is -1.16. The number of rotatable bonds is 3. The van der Waals surface area contributed by atoms with Gasteiger partial charge in [0.1, 0.15) is 0 Å². The summed E-state index contributed by atoms with van der Waals surface area (Å²) in [5, 5.41) is 6.72. The third-order valence-electron chi connectivity index (χ3n) is 2.86. The second-order valence-corrected chi connectivity index (χ2v) is 4.75. The summed E-state index contributed by atoms with van der Waals surface area (Å²) < 4.78 is 0. The molecule has 0 amide bonds. The minimum Gasteiger partial charge on any atom is -0.350 e. The van der Waals surface area contributed by atoms with Crippen LogP contribution in [0.2, 0.25) is 0 Å². The van der Waals surface area contributed by atoms with E-state index in [1.165, 1.54) is 0 Å². The van der Waals surface area contributed by atoms with Gasteiger partial charge in [-0.05, 0) is 31.9 Å². The van der Waals surface area contributed by atoms with Gasteiger partial charge < -0.3 is 10.6 Å². The number of hydrogen-bond donors (Lipinski definition) is 2. The molecule has 0 aromatic carbocycles. The Morgan fingerprint density at radius 3 is 2.88 bits per heavy atom. The van der Waals surface area contributed by atoms with Gasteiger partial charge in [-0.25, -0.2) is 9.97 Å². The number of aromatic nitrogens is 2. The highest BCUT2D eigenvalue weighted by Crippen LogP contribution is 2.15. The molecule has 1 saturated heterocycles. The lowest BCUT2D eigenvalue weighted by Gasteiger charge is -2.13. The van der Waals surface area contributed by atoms with E-state index in [2.05, 4.69) is 40.5 Å². The van der Waals surface area contributed by atoms with E-state index in [1.54, 1.807) is 0 Å². The van der Waals surface area contributed by atoms with Gasteiger partial charge in [0.05, 0.1) is 0 Å². The molecule has 1 aliphatic heterocycles. The zero-order chi connectivity index (χ0) is 11.5. The van der Waals surface area contributed by atoms with Crippen molar-refractivity contribution < 1.29 is 0 Å². The van der Waals surface area contributed by atoms with Crippen LogP contribution in [0, 0.1) is 6.92 Å². The van der Waals surface area contributed by atoms with Crippen LogP contribution in [-0.4, -0.2) is 29.1 Å². The first-order valence-electron chi connectivity index (χ1n) is 5.98. The molecule has 2 N–H and O–H groups in total. The minimum atomic E-state index is 0.448. The quantitative estimate of drug-likeness (QED) is 0.813. The van der Waals surface area contributed by atoms with E-state index >= 15 is 0 Å². The Morgan fingerprint density at radius 1 is 1.44 bits per heavy atom. The van der Waals surface area contributed by atoms with Crippen molar-refractivity contribution in [1.29, 1.82) is 0 Å². The molecule has 0 saturated carbocycles. The van der Waals surface area contributed by atoms with E-state index in [9.17, 15) is 0 Å². The summed E-state index contributed by atoms with van der Waals surface area (Å²) in [5.41, 5.74) is 2.15. The standard InChI is InChI=1S/C12H20N4/c1-8(2)11-6-9(3)14-12(16-11)15-10-4-5-13-7-10/h6,8,10,13H,4-5,7H2,1-3H3,(H,14,15,16). The Kier molecular flexibility index (Phi) is 3.39. The molecule has 1 unspecified atom stereocenters. The van der Waals surface area contributed by atoms with Gasteiger partial charge in [0.25, 0.3) is 0 Å². The van der Waals surface area contributed by atoms with Crippen LogP contribution in [0.5, 0.6) is 0 Å². The first-order valence-corrected chi connectivity index (χ1v) is 5.98. The molecule has 1 aliphatic rings. The van der Waals surface area contributed by atoms with Gasteiger partial charge in [0.15, 0.2) is 0 Å². The fourth-order valence-electron chi connectivity index (χ4n) is 1.91. The first kappa shape index (κ1) is 11.3. The Morgan fingerprint density at radius 2 is 2.25 bits per heavy atom. The highest BCUT2D eigenvalue weighted by atomic mass is 15.1. The van der Waals surface area contributed by atoms with Gasteiger partial charge in [0, 0.05) is 24.0 Å². The second kappa shape index (κ2) is 4.78. The number of hydrogen-bond acceptors (Lipinski definition) is 4. The molecule has 2 heterocycles. The zero-order valence-electron chi connectivity index (χ0n) is 10.2. The largest absolute Gasteiger partial charge is 0.350 e. The lowest BCUT2D eigenvalue weighted by atomic mass is 10.1. The van der Waals surface area contributed by atoms with E-state index in [0.29, 0.717) is 12.0 Å². The van der Waals surface area contributed by atoms with E-state index in [-0.39, 0.29) is 0 Å².